The van der Waals surface area contributed by atoms with Crippen molar-refractivity contribution in [2.45, 2.75) is 38.5 Å². The summed E-state index contributed by atoms with van der Waals surface area (Å²) in [5.41, 5.74) is 2.43. The van der Waals surface area contributed by atoms with Crippen LogP contribution in [0.3, 0.4) is 0 Å². The van der Waals surface area contributed by atoms with Crippen molar-refractivity contribution < 1.29 is 0 Å². The highest BCUT2D eigenvalue weighted by Crippen LogP contribution is 2.19. The number of likely N-dealkylation sites (tertiary alicyclic amines) is 1. The van der Waals surface area contributed by atoms with Crippen LogP contribution in [0.1, 0.15) is 28.8 Å². The number of nitrogens with zero attached hydrogens (tertiary/aromatic N) is 5. The number of hydrogen-bond acceptors (Lipinski definition) is 9. The Morgan fingerprint density at radius 2 is 1.54 bits per heavy atom. The highest BCUT2D eigenvalue weighted by molar-refractivity contribution is 7.09. The van der Waals surface area contributed by atoms with Crippen molar-refractivity contribution in [1.29, 1.82) is 0 Å². The average molecular weight is 487 g/mol. The fourth-order valence-corrected chi connectivity index (χ4v) is 4.77. The summed E-state index contributed by atoms with van der Waals surface area (Å²) in [7, 11) is 0. The summed E-state index contributed by atoms with van der Waals surface area (Å²) in [5.74, 6) is 1.71. The number of thiophene rings is 1. The van der Waals surface area contributed by atoms with Crippen LogP contribution < -0.4 is 16.0 Å². The highest BCUT2D eigenvalue weighted by Gasteiger charge is 2.20. The third-order valence-corrected chi connectivity index (χ3v) is 6.86. The number of nitrogens with one attached hydrogen (secondary N) is 3. The van der Waals surface area contributed by atoms with Crippen LogP contribution in [0.15, 0.2) is 72.4 Å². The van der Waals surface area contributed by atoms with E-state index < -0.39 is 0 Å². The molecule has 0 radical (unpaired) electrons. The fraction of sp³-hybridized carbons (Fsp3) is 0.308. The van der Waals surface area contributed by atoms with Crippen LogP contribution in [0.25, 0.3) is 0 Å². The van der Waals surface area contributed by atoms with E-state index in [9.17, 15) is 0 Å². The third-order valence-electron chi connectivity index (χ3n) is 5.98. The van der Waals surface area contributed by atoms with E-state index in [4.69, 9.17) is 0 Å². The SMILES string of the molecule is c1ccc(CN2CCC(Nc3nc(NCc4cccnc4)nc(NCc4cccs4)n3)CC2)cc1. The van der Waals surface area contributed by atoms with Gasteiger partial charge in [-0.15, -0.1) is 11.3 Å². The maximum absolute atomic E-state index is 4.66. The van der Waals surface area contributed by atoms with Gasteiger partial charge in [0.25, 0.3) is 0 Å². The number of rotatable bonds is 10. The molecule has 0 atom stereocenters. The van der Waals surface area contributed by atoms with E-state index in [1.54, 1.807) is 17.5 Å². The molecule has 0 spiro atoms. The lowest BCUT2D eigenvalue weighted by molar-refractivity contribution is 0.211. The molecule has 35 heavy (non-hydrogen) atoms. The Balaban J connectivity index is 1.22. The van der Waals surface area contributed by atoms with E-state index in [-0.39, 0.29) is 0 Å². The Hall–Kier alpha value is -3.56. The maximum Gasteiger partial charge on any atom is 0.229 e. The summed E-state index contributed by atoms with van der Waals surface area (Å²) in [6, 6.07) is 19.1. The first-order chi connectivity index (χ1) is 17.3. The van der Waals surface area contributed by atoms with Crippen LogP contribution in [0.4, 0.5) is 17.8 Å². The zero-order valence-electron chi connectivity index (χ0n) is 19.6. The number of hydrogen-bond donors (Lipinski definition) is 3. The third kappa shape index (κ3) is 6.97. The summed E-state index contributed by atoms with van der Waals surface area (Å²) in [4.78, 5) is 21.8. The number of pyridine rings is 1. The second kappa shape index (κ2) is 11.7. The predicted octanol–water partition coefficient (Wildman–Crippen LogP) is 4.63. The molecule has 0 aliphatic carbocycles. The monoisotopic (exact) mass is 486 g/mol. The molecule has 180 valence electrons. The summed E-state index contributed by atoms with van der Waals surface area (Å²) in [6.07, 6.45) is 5.71. The summed E-state index contributed by atoms with van der Waals surface area (Å²) >= 11 is 1.71. The van der Waals surface area contributed by atoms with E-state index in [2.05, 4.69) is 82.6 Å². The molecule has 4 heterocycles. The first kappa shape index (κ1) is 23.2. The second-order valence-electron chi connectivity index (χ2n) is 8.63. The molecular weight excluding hydrogens is 456 g/mol. The molecular formula is C26H30N8S. The van der Waals surface area contributed by atoms with E-state index >= 15 is 0 Å². The Morgan fingerprint density at radius 1 is 0.800 bits per heavy atom. The quantitative estimate of drug-likeness (QED) is 0.299. The minimum atomic E-state index is 0.334. The molecule has 5 rings (SSSR count). The number of anilines is 3. The van der Waals surface area contributed by atoms with Gasteiger partial charge in [-0.3, -0.25) is 9.88 Å². The van der Waals surface area contributed by atoms with Crippen LogP contribution >= 0.6 is 11.3 Å². The van der Waals surface area contributed by atoms with E-state index in [0.717, 1.165) is 38.0 Å². The van der Waals surface area contributed by atoms with Gasteiger partial charge in [0.2, 0.25) is 17.8 Å². The lowest BCUT2D eigenvalue weighted by Crippen LogP contribution is -2.39. The summed E-state index contributed by atoms with van der Waals surface area (Å²) in [5, 5.41) is 12.3. The molecule has 3 N–H and O–H groups in total. The predicted molar refractivity (Wildman–Crippen MR) is 141 cm³/mol. The lowest BCUT2D eigenvalue weighted by Gasteiger charge is -2.32. The van der Waals surface area contributed by atoms with Gasteiger partial charge in [0.15, 0.2) is 0 Å². The molecule has 1 saturated heterocycles. The zero-order chi connectivity index (χ0) is 23.7. The molecule has 1 aliphatic heterocycles. The highest BCUT2D eigenvalue weighted by atomic mass is 32.1. The van der Waals surface area contributed by atoms with Crippen molar-refractivity contribution in [3.63, 3.8) is 0 Å². The average Bonchev–Trinajstić information content (AvgIpc) is 3.43. The Labute approximate surface area is 209 Å². The standard InChI is InChI=1S/C26H30N8S/c1-2-6-20(7-3-1)19-34-13-10-22(11-14-34)30-26-32-24(28-17-21-8-4-12-27-16-21)31-25(33-26)29-18-23-9-5-15-35-23/h1-9,12,15-16,22H,10-11,13-14,17-19H2,(H3,28,29,30,31,32,33). The van der Waals surface area contributed by atoms with Gasteiger partial charge in [-0.1, -0.05) is 42.5 Å². The summed E-state index contributed by atoms with van der Waals surface area (Å²) in [6.45, 7) is 4.37. The van der Waals surface area contributed by atoms with Crippen LogP contribution in [-0.2, 0) is 19.6 Å². The van der Waals surface area contributed by atoms with Crippen molar-refractivity contribution >= 4 is 29.2 Å². The van der Waals surface area contributed by atoms with Crippen molar-refractivity contribution in [2.75, 3.05) is 29.0 Å². The Bertz CT molecular complexity index is 1160. The zero-order valence-corrected chi connectivity index (χ0v) is 20.4. The molecule has 0 amide bonds. The van der Waals surface area contributed by atoms with Crippen LogP contribution in [0, 0.1) is 0 Å². The topological polar surface area (TPSA) is 90.9 Å². The molecule has 1 aliphatic rings. The van der Waals surface area contributed by atoms with Gasteiger partial charge >= 0.3 is 0 Å². The maximum atomic E-state index is 4.66. The van der Waals surface area contributed by atoms with Gasteiger partial charge in [0.05, 0.1) is 6.54 Å². The molecule has 3 aromatic heterocycles. The molecule has 8 nitrogen and oxygen atoms in total. The number of aromatic nitrogens is 4. The molecule has 9 heteroatoms. The number of piperidine rings is 1. The molecule has 0 bridgehead atoms. The normalized spacial score (nSPS) is 14.5. The smallest absolute Gasteiger partial charge is 0.229 e. The minimum Gasteiger partial charge on any atom is -0.351 e. The second-order valence-corrected chi connectivity index (χ2v) is 9.67. The van der Waals surface area contributed by atoms with Crippen LogP contribution in [0.5, 0.6) is 0 Å². The summed E-state index contributed by atoms with van der Waals surface area (Å²) < 4.78 is 0. The molecule has 1 aromatic carbocycles. The first-order valence-electron chi connectivity index (χ1n) is 12.0. The van der Waals surface area contributed by atoms with Gasteiger partial charge in [0, 0.05) is 49.5 Å². The number of benzene rings is 1. The fourth-order valence-electron chi connectivity index (χ4n) is 4.12. The van der Waals surface area contributed by atoms with E-state index in [1.165, 1.54) is 10.4 Å². The van der Waals surface area contributed by atoms with Crippen molar-refractivity contribution in [3.05, 3.63) is 88.4 Å². The van der Waals surface area contributed by atoms with Crippen molar-refractivity contribution in [1.82, 2.24) is 24.8 Å². The molecule has 0 saturated carbocycles. The van der Waals surface area contributed by atoms with Gasteiger partial charge in [-0.2, -0.15) is 15.0 Å². The van der Waals surface area contributed by atoms with Crippen molar-refractivity contribution in [3.8, 4) is 0 Å². The van der Waals surface area contributed by atoms with Gasteiger partial charge in [-0.05, 0) is 41.5 Å². The first-order valence-corrected chi connectivity index (χ1v) is 12.9. The Morgan fingerprint density at radius 3 is 2.26 bits per heavy atom. The lowest BCUT2D eigenvalue weighted by atomic mass is 10.0. The molecule has 0 unspecified atom stereocenters. The molecule has 4 aromatic rings. The van der Waals surface area contributed by atoms with E-state index in [1.807, 2.05) is 24.4 Å². The Kier molecular flexibility index (Phi) is 7.77. The van der Waals surface area contributed by atoms with Gasteiger partial charge < -0.3 is 16.0 Å². The van der Waals surface area contributed by atoms with Crippen LogP contribution in [0.2, 0.25) is 0 Å². The van der Waals surface area contributed by atoms with Crippen LogP contribution in [-0.4, -0.2) is 44.0 Å². The van der Waals surface area contributed by atoms with Gasteiger partial charge in [0.1, 0.15) is 0 Å². The largest absolute Gasteiger partial charge is 0.351 e. The minimum absolute atomic E-state index is 0.334. The van der Waals surface area contributed by atoms with E-state index in [0.29, 0.717) is 37.0 Å². The van der Waals surface area contributed by atoms with Crippen molar-refractivity contribution in [2.24, 2.45) is 0 Å². The molecule has 1 fully saturated rings. The van der Waals surface area contributed by atoms with Gasteiger partial charge in [-0.25, -0.2) is 0 Å².